The summed E-state index contributed by atoms with van der Waals surface area (Å²) in [5, 5.41) is 17.6. The topological polar surface area (TPSA) is 132 Å². The lowest BCUT2D eigenvalue weighted by atomic mass is 10.2. The summed E-state index contributed by atoms with van der Waals surface area (Å²) in [6, 6.07) is 16.1. The number of nitro benzene ring substituents is 1. The third-order valence-electron chi connectivity index (χ3n) is 4.80. The molecule has 0 atom stereocenters. The van der Waals surface area contributed by atoms with Crippen LogP contribution in [0.25, 0.3) is 0 Å². The highest BCUT2D eigenvalue weighted by Crippen LogP contribution is 2.36. The van der Waals surface area contributed by atoms with E-state index in [0.717, 1.165) is 11.6 Å². The van der Waals surface area contributed by atoms with Gasteiger partial charge in [-0.15, -0.1) is 0 Å². The number of rotatable bonds is 10. The third kappa shape index (κ3) is 7.12. The lowest BCUT2D eigenvalue weighted by Gasteiger charge is -2.15. The molecule has 0 saturated carbocycles. The van der Waals surface area contributed by atoms with Gasteiger partial charge in [-0.2, -0.15) is 5.10 Å². The van der Waals surface area contributed by atoms with Crippen molar-refractivity contribution in [2.75, 3.05) is 18.5 Å². The molecule has 0 aliphatic carbocycles. The van der Waals surface area contributed by atoms with Crippen molar-refractivity contribution in [3.63, 3.8) is 0 Å². The number of para-hydroxylation sites is 1. The number of anilines is 1. The lowest BCUT2D eigenvalue weighted by molar-refractivity contribution is -0.384. The summed E-state index contributed by atoms with van der Waals surface area (Å²) in [6.07, 6.45) is 1.39. The fourth-order valence-electron chi connectivity index (χ4n) is 3.09. The number of non-ortho nitro benzene ring substituents is 1. The number of nitrogens with one attached hydrogen (secondary N) is 2. The van der Waals surface area contributed by atoms with E-state index >= 15 is 0 Å². The third-order valence-corrected chi connectivity index (χ3v) is 5.39. The normalized spacial score (nSPS) is 10.6. The van der Waals surface area contributed by atoms with E-state index in [-0.39, 0.29) is 23.8 Å². The maximum atomic E-state index is 12.4. The van der Waals surface area contributed by atoms with Gasteiger partial charge in [-0.3, -0.25) is 19.7 Å². The van der Waals surface area contributed by atoms with Gasteiger partial charge in [-0.1, -0.05) is 24.3 Å². The number of nitro groups is 1. The Morgan fingerprint density at radius 1 is 1.11 bits per heavy atom. The van der Waals surface area contributed by atoms with E-state index in [4.69, 9.17) is 9.47 Å². The Balaban J connectivity index is 1.67. The maximum absolute atomic E-state index is 12.4. The molecule has 0 aliphatic rings. The molecule has 2 amide bonds. The minimum absolute atomic E-state index is 0.102. The molecule has 0 bridgehead atoms. The Labute approximate surface area is 215 Å². The van der Waals surface area contributed by atoms with E-state index in [1.807, 2.05) is 32.0 Å². The number of hydrogen-bond donors (Lipinski definition) is 2. The molecule has 0 radical (unpaired) electrons. The molecule has 0 unspecified atom stereocenters. The molecular formula is C25H23BrN4O6. The van der Waals surface area contributed by atoms with Crippen LogP contribution in [-0.4, -0.2) is 36.2 Å². The second kappa shape index (κ2) is 12.5. The van der Waals surface area contributed by atoms with Crippen molar-refractivity contribution in [2.24, 2.45) is 5.10 Å². The maximum Gasteiger partial charge on any atom is 0.271 e. The van der Waals surface area contributed by atoms with Crippen molar-refractivity contribution in [1.29, 1.82) is 0 Å². The monoisotopic (exact) mass is 554 g/mol. The first-order chi connectivity index (χ1) is 17.3. The minimum atomic E-state index is -0.598. The summed E-state index contributed by atoms with van der Waals surface area (Å²) in [5.41, 5.74) is 4.45. The van der Waals surface area contributed by atoms with E-state index in [2.05, 4.69) is 31.8 Å². The van der Waals surface area contributed by atoms with Gasteiger partial charge in [0.1, 0.15) is 0 Å². The zero-order chi connectivity index (χ0) is 26.1. The molecule has 0 aromatic heterocycles. The van der Waals surface area contributed by atoms with Crippen molar-refractivity contribution in [3.05, 3.63) is 91.9 Å². The van der Waals surface area contributed by atoms with Gasteiger partial charge in [-0.25, -0.2) is 5.43 Å². The van der Waals surface area contributed by atoms with Crippen LogP contribution in [0.5, 0.6) is 11.5 Å². The molecule has 186 valence electrons. The van der Waals surface area contributed by atoms with Crippen LogP contribution in [-0.2, 0) is 4.79 Å². The second-order valence-electron chi connectivity index (χ2n) is 7.42. The zero-order valence-electron chi connectivity index (χ0n) is 19.5. The molecule has 2 N–H and O–H groups in total. The molecule has 0 saturated heterocycles. The van der Waals surface area contributed by atoms with Crippen LogP contribution in [0, 0.1) is 17.0 Å². The number of hydrogen-bond acceptors (Lipinski definition) is 7. The van der Waals surface area contributed by atoms with E-state index in [1.165, 1.54) is 24.4 Å². The highest BCUT2D eigenvalue weighted by molar-refractivity contribution is 9.10. The number of nitrogens with zero attached hydrogens (tertiary/aromatic N) is 2. The highest BCUT2D eigenvalue weighted by Gasteiger charge is 2.15. The largest absolute Gasteiger partial charge is 0.490 e. The summed E-state index contributed by atoms with van der Waals surface area (Å²) in [4.78, 5) is 35.0. The Morgan fingerprint density at radius 2 is 1.89 bits per heavy atom. The van der Waals surface area contributed by atoms with Gasteiger partial charge in [0.15, 0.2) is 18.1 Å². The molecule has 3 rings (SSSR count). The van der Waals surface area contributed by atoms with Crippen molar-refractivity contribution >= 4 is 45.3 Å². The SMILES string of the molecule is CCOc1cc(/C=N/NC(=O)c2cccc([N+](=O)[O-])c2)cc(Br)c1OCC(=O)Nc1ccccc1C. The number of amides is 2. The average Bonchev–Trinajstić information content (AvgIpc) is 2.85. The second-order valence-corrected chi connectivity index (χ2v) is 8.28. The number of aryl methyl sites for hydroxylation is 1. The standard InChI is InChI=1S/C25H23BrN4O6/c1-3-35-22-12-17(14-27-29-25(32)18-8-6-9-19(13-18)30(33)34)11-20(26)24(22)36-15-23(31)28-21-10-5-4-7-16(21)2/h4-14H,3,15H2,1-2H3,(H,28,31)(H,29,32)/b27-14+. The average molecular weight is 555 g/mol. The summed E-state index contributed by atoms with van der Waals surface area (Å²) in [7, 11) is 0. The fourth-order valence-corrected chi connectivity index (χ4v) is 3.67. The van der Waals surface area contributed by atoms with Crippen LogP contribution in [0.3, 0.4) is 0 Å². The quantitative estimate of drug-likeness (QED) is 0.209. The molecule has 36 heavy (non-hydrogen) atoms. The Morgan fingerprint density at radius 3 is 2.61 bits per heavy atom. The fraction of sp³-hybridized carbons (Fsp3) is 0.160. The lowest BCUT2D eigenvalue weighted by Crippen LogP contribution is -2.21. The molecule has 3 aromatic carbocycles. The molecule has 0 spiro atoms. The number of benzene rings is 3. The predicted octanol–water partition coefficient (Wildman–Crippen LogP) is 4.85. The van der Waals surface area contributed by atoms with Gasteiger partial charge in [-0.05, 0) is 65.2 Å². The van der Waals surface area contributed by atoms with Gasteiger partial charge in [0.25, 0.3) is 17.5 Å². The van der Waals surface area contributed by atoms with Crippen LogP contribution < -0.4 is 20.2 Å². The smallest absolute Gasteiger partial charge is 0.271 e. The van der Waals surface area contributed by atoms with Crippen LogP contribution >= 0.6 is 15.9 Å². The molecule has 0 aliphatic heterocycles. The van der Waals surface area contributed by atoms with E-state index in [9.17, 15) is 19.7 Å². The van der Waals surface area contributed by atoms with Crippen molar-refractivity contribution in [2.45, 2.75) is 13.8 Å². The van der Waals surface area contributed by atoms with Crippen molar-refractivity contribution in [1.82, 2.24) is 5.43 Å². The van der Waals surface area contributed by atoms with E-state index in [0.29, 0.717) is 33.8 Å². The molecule has 0 heterocycles. The van der Waals surface area contributed by atoms with Gasteiger partial charge < -0.3 is 14.8 Å². The zero-order valence-corrected chi connectivity index (χ0v) is 21.1. The minimum Gasteiger partial charge on any atom is -0.490 e. The first kappa shape index (κ1) is 26.4. The van der Waals surface area contributed by atoms with E-state index in [1.54, 1.807) is 18.2 Å². The predicted molar refractivity (Wildman–Crippen MR) is 139 cm³/mol. The van der Waals surface area contributed by atoms with Crippen LogP contribution in [0.2, 0.25) is 0 Å². The summed E-state index contributed by atoms with van der Waals surface area (Å²) in [5.74, 6) is -0.205. The van der Waals surface area contributed by atoms with Gasteiger partial charge in [0, 0.05) is 23.4 Å². The Kier molecular flexibility index (Phi) is 9.12. The molecule has 0 fully saturated rings. The van der Waals surface area contributed by atoms with Gasteiger partial charge >= 0.3 is 0 Å². The van der Waals surface area contributed by atoms with Crippen molar-refractivity contribution in [3.8, 4) is 11.5 Å². The first-order valence-corrected chi connectivity index (χ1v) is 11.6. The number of halogens is 1. The number of ether oxygens (including phenoxy) is 2. The van der Waals surface area contributed by atoms with Gasteiger partial charge in [0.2, 0.25) is 0 Å². The Hall–Kier alpha value is -4.25. The molecule has 3 aromatic rings. The first-order valence-electron chi connectivity index (χ1n) is 10.8. The van der Waals surface area contributed by atoms with Crippen LogP contribution in [0.4, 0.5) is 11.4 Å². The molecular weight excluding hydrogens is 532 g/mol. The number of carbonyl (C=O) groups excluding carboxylic acids is 2. The highest BCUT2D eigenvalue weighted by atomic mass is 79.9. The van der Waals surface area contributed by atoms with Crippen molar-refractivity contribution < 1.29 is 24.0 Å². The summed E-state index contributed by atoms with van der Waals surface area (Å²) >= 11 is 3.43. The van der Waals surface area contributed by atoms with Crippen LogP contribution in [0.1, 0.15) is 28.4 Å². The Bertz CT molecular complexity index is 1310. The molecule has 11 heteroatoms. The van der Waals surface area contributed by atoms with Gasteiger partial charge in [0.05, 0.1) is 22.2 Å². The summed E-state index contributed by atoms with van der Waals surface area (Å²) in [6.45, 7) is 3.82. The summed E-state index contributed by atoms with van der Waals surface area (Å²) < 4.78 is 11.9. The van der Waals surface area contributed by atoms with Crippen LogP contribution in [0.15, 0.2) is 70.2 Å². The number of carbonyl (C=O) groups is 2. The molecule has 10 nitrogen and oxygen atoms in total. The van der Waals surface area contributed by atoms with E-state index < -0.39 is 10.8 Å². The number of hydrazone groups is 1.